The number of ether oxygens (including phenoxy) is 1. The van der Waals surface area contributed by atoms with E-state index in [0.717, 1.165) is 41.4 Å². The van der Waals surface area contributed by atoms with E-state index in [0.29, 0.717) is 6.54 Å². The first-order chi connectivity index (χ1) is 17.8. The molecule has 3 aromatic carbocycles. The van der Waals surface area contributed by atoms with E-state index in [4.69, 9.17) is 14.9 Å². The third-order valence-corrected chi connectivity index (χ3v) is 6.95. The molecule has 0 bridgehead atoms. The molecule has 1 aliphatic heterocycles. The van der Waals surface area contributed by atoms with Gasteiger partial charge in [0.1, 0.15) is 24.3 Å². The predicted octanol–water partition coefficient (Wildman–Crippen LogP) is 5.87. The Morgan fingerprint density at radius 2 is 1.86 bits per heavy atom. The average Bonchev–Trinajstić information content (AvgIpc) is 3.38. The van der Waals surface area contributed by atoms with Crippen LogP contribution in [0.5, 0.6) is 5.75 Å². The van der Waals surface area contributed by atoms with Crippen molar-refractivity contribution in [3.8, 4) is 5.75 Å². The number of fused-ring (bicyclic) bond motifs is 2. The average molecular weight is 522 g/mol. The van der Waals surface area contributed by atoms with Gasteiger partial charge < -0.3 is 20.1 Å². The number of aliphatic hydroxyl groups is 2. The van der Waals surface area contributed by atoms with Crippen LogP contribution in [0.1, 0.15) is 12.0 Å². The Labute approximate surface area is 218 Å². The minimum absolute atomic E-state index is 0.206. The maximum absolute atomic E-state index is 13.4. The van der Waals surface area contributed by atoms with E-state index in [2.05, 4.69) is 47.2 Å². The van der Waals surface area contributed by atoms with Gasteiger partial charge in [0, 0.05) is 29.7 Å². The molecule has 0 saturated carbocycles. The first kappa shape index (κ1) is 26.3. The zero-order valence-corrected chi connectivity index (χ0v) is 21.0. The van der Waals surface area contributed by atoms with Crippen molar-refractivity contribution in [2.75, 3.05) is 26.2 Å². The maximum atomic E-state index is 13.4. The van der Waals surface area contributed by atoms with Crippen molar-refractivity contribution in [2.45, 2.75) is 12.5 Å². The van der Waals surface area contributed by atoms with Crippen LogP contribution in [-0.2, 0) is 4.79 Å². The Balaban J connectivity index is 0.000000480. The first-order valence-corrected chi connectivity index (χ1v) is 12.7. The lowest BCUT2D eigenvalue weighted by molar-refractivity contribution is -0.135. The van der Waals surface area contributed by atoms with Gasteiger partial charge in [0.2, 0.25) is 0 Å². The van der Waals surface area contributed by atoms with Gasteiger partial charge in [-0.25, -0.2) is 9.18 Å². The summed E-state index contributed by atoms with van der Waals surface area (Å²) < 4.78 is 20.5. The Morgan fingerprint density at radius 1 is 1.11 bits per heavy atom. The molecule has 0 radical (unpaired) electrons. The second-order valence-electron chi connectivity index (χ2n) is 8.75. The van der Waals surface area contributed by atoms with Crippen LogP contribution in [0.4, 0.5) is 4.39 Å². The minimum Gasteiger partial charge on any atom is -0.502 e. The molecule has 0 amide bonds. The highest BCUT2D eigenvalue weighted by Gasteiger charge is 2.17. The first-order valence-electron chi connectivity index (χ1n) is 11.8. The normalized spacial score (nSPS) is 14.5. The lowest BCUT2D eigenvalue weighted by Gasteiger charge is -2.28. The SMILES string of the molecule is C=C(O)C(=O)O.OC(COc1cccc2sccc12)CN1CC=C(c2ccc3cc(F)ccc3c2)CC1. The van der Waals surface area contributed by atoms with E-state index in [1.54, 1.807) is 17.4 Å². The third-order valence-electron chi connectivity index (χ3n) is 6.07. The van der Waals surface area contributed by atoms with Crippen molar-refractivity contribution in [3.05, 3.63) is 95.8 Å². The van der Waals surface area contributed by atoms with Gasteiger partial charge in [-0.2, -0.15) is 0 Å². The number of hydrogen-bond acceptors (Lipinski definition) is 6. The van der Waals surface area contributed by atoms with E-state index in [1.807, 2.05) is 24.3 Å². The monoisotopic (exact) mass is 521 g/mol. The predicted molar refractivity (Wildman–Crippen MR) is 146 cm³/mol. The van der Waals surface area contributed by atoms with Crippen LogP contribution >= 0.6 is 11.3 Å². The van der Waals surface area contributed by atoms with E-state index in [9.17, 15) is 14.3 Å². The fourth-order valence-corrected chi connectivity index (χ4v) is 4.99. The van der Waals surface area contributed by atoms with Gasteiger partial charge in [0.25, 0.3) is 0 Å². The molecule has 0 saturated heterocycles. The highest BCUT2D eigenvalue weighted by Crippen LogP contribution is 2.30. The Hall–Kier alpha value is -3.72. The molecule has 3 N–H and O–H groups in total. The van der Waals surface area contributed by atoms with E-state index in [-0.39, 0.29) is 12.4 Å². The zero-order chi connectivity index (χ0) is 26.4. The molecule has 5 rings (SSSR count). The van der Waals surface area contributed by atoms with Crippen molar-refractivity contribution >= 4 is 43.7 Å². The molecule has 8 heteroatoms. The lowest BCUT2D eigenvalue weighted by Crippen LogP contribution is -2.38. The lowest BCUT2D eigenvalue weighted by atomic mass is 9.96. The number of nitrogens with zero attached hydrogens (tertiary/aromatic N) is 1. The number of carboxylic acids is 1. The number of carbonyl (C=O) groups is 1. The number of aliphatic carboxylic acids is 1. The number of thiophene rings is 1. The molecule has 2 heterocycles. The number of aliphatic hydroxyl groups excluding tert-OH is 2. The fourth-order valence-electron chi connectivity index (χ4n) is 4.18. The van der Waals surface area contributed by atoms with Gasteiger partial charge in [0.15, 0.2) is 5.76 Å². The number of hydrogen-bond donors (Lipinski definition) is 3. The second-order valence-corrected chi connectivity index (χ2v) is 9.70. The van der Waals surface area contributed by atoms with Gasteiger partial charge in [-0.3, -0.25) is 4.90 Å². The van der Waals surface area contributed by atoms with Crippen molar-refractivity contribution in [3.63, 3.8) is 0 Å². The molecule has 37 heavy (non-hydrogen) atoms. The van der Waals surface area contributed by atoms with Gasteiger partial charge in [-0.15, -0.1) is 11.3 Å². The summed E-state index contributed by atoms with van der Waals surface area (Å²) in [5.41, 5.74) is 2.49. The second kappa shape index (κ2) is 12.0. The molecule has 4 aromatic rings. The van der Waals surface area contributed by atoms with Crippen LogP contribution < -0.4 is 4.74 Å². The third kappa shape index (κ3) is 6.95. The summed E-state index contributed by atoms with van der Waals surface area (Å²) >= 11 is 1.69. The molecular weight excluding hydrogens is 493 g/mol. The molecule has 1 atom stereocenters. The topological polar surface area (TPSA) is 90.2 Å². The molecular formula is C29H28FNO5S. The van der Waals surface area contributed by atoms with Gasteiger partial charge in [-0.1, -0.05) is 30.3 Å². The number of β-amino-alcohol motifs (C(OH)–C–C–N with tert-alkyl or cyclic N) is 1. The number of benzene rings is 3. The van der Waals surface area contributed by atoms with E-state index in [1.165, 1.54) is 21.9 Å². The summed E-state index contributed by atoms with van der Waals surface area (Å²) in [6, 6.07) is 19.2. The van der Waals surface area contributed by atoms with Gasteiger partial charge in [-0.05, 0) is 76.7 Å². The smallest absolute Gasteiger partial charge is 0.370 e. The molecule has 0 spiro atoms. The van der Waals surface area contributed by atoms with Crippen LogP contribution in [-0.4, -0.2) is 58.5 Å². The highest BCUT2D eigenvalue weighted by atomic mass is 32.1. The van der Waals surface area contributed by atoms with Crippen LogP contribution in [0.15, 0.2) is 84.5 Å². The standard InChI is InChI=1S/C26H24FNO2S.C3H4O3/c27-22-7-6-20-14-19(4-5-21(20)15-22)18-8-11-28(12-9-18)16-23(29)17-30-25-2-1-3-26-24(25)10-13-31-26;1-2(4)3(5)6/h1-8,10,13-15,23,29H,9,11-12,16-17H2;4H,1H2,(H,5,6). The van der Waals surface area contributed by atoms with Crippen LogP contribution in [0, 0.1) is 5.82 Å². The summed E-state index contributed by atoms with van der Waals surface area (Å²) in [6.45, 7) is 5.27. The number of carboxylic acid groups (broad SMARTS) is 1. The van der Waals surface area contributed by atoms with Crippen LogP contribution in [0.3, 0.4) is 0 Å². The summed E-state index contributed by atoms with van der Waals surface area (Å²) in [6.07, 6.45) is 2.61. The Kier molecular flexibility index (Phi) is 8.55. The van der Waals surface area contributed by atoms with Crippen molar-refractivity contribution in [1.82, 2.24) is 4.90 Å². The van der Waals surface area contributed by atoms with E-state index >= 15 is 0 Å². The van der Waals surface area contributed by atoms with Crippen LogP contribution in [0.25, 0.3) is 26.4 Å². The Morgan fingerprint density at radius 3 is 2.59 bits per heavy atom. The highest BCUT2D eigenvalue weighted by molar-refractivity contribution is 7.17. The maximum Gasteiger partial charge on any atom is 0.370 e. The number of halogens is 1. The van der Waals surface area contributed by atoms with Crippen molar-refractivity contribution < 1.29 is 29.2 Å². The summed E-state index contributed by atoms with van der Waals surface area (Å²) in [4.78, 5) is 11.6. The molecule has 192 valence electrons. The molecule has 0 fully saturated rings. The molecule has 1 aliphatic rings. The minimum atomic E-state index is -1.38. The largest absolute Gasteiger partial charge is 0.502 e. The summed E-state index contributed by atoms with van der Waals surface area (Å²) in [7, 11) is 0. The van der Waals surface area contributed by atoms with Crippen LogP contribution in [0.2, 0.25) is 0 Å². The van der Waals surface area contributed by atoms with Gasteiger partial charge >= 0.3 is 5.97 Å². The molecule has 1 aromatic heterocycles. The summed E-state index contributed by atoms with van der Waals surface area (Å²) in [5, 5.41) is 31.1. The summed E-state index contributed by atoms with van der Waals surface area (Å²) in [5.74, 6) is -1.58. The molecule has 0 aliphatic carbocycles. The zero-order valence-electron chi connectivity index (χ0n) is 20.1. The quantitative estimate of drug-likeness (QED) is 0.208. The fraction of sp³-hybridized carbons (Fsp3) is 0.207. The number of rotatable bonds is 7. The van der Waals surface area contributed by atoms with Crippen molar-refractivity contribution in [2.24, 2.45) is 0 Å². The van der Waals surface area contributed by atoms with E-state index < -0.39 is 17.8 Å². The molecule has 6 nitrogen and oxygen atoms in total. The van der Waals surface area contributed by atoms with Crippen molar-refractivity contribution in [1.29, 1.82) is 0 Å². The Bertz CT molecular complexity index is 1430. The van der Waals surface area contributed by atoms with Gasteiger partial charge in [0.05, 0.1) is 0 Å². The molecule has 1 unspecified atom stereocenters.